The van der Waals surface area contributed by atoms with Crippen LogP contribution >= 0.6 is 0 Å². The van der Waals surface area contributed by atoms with E-state index in [1.165, 1.54) is 16.5 Å². The first-order chi connectivity index (χ1) is 16.1. The predicted molar refractivity (Wildman–Crippen MR) is 138 cm³/mol. The quantitative estimate of drug-likeness (QED) is 0.269. The molecule has 5 rings (SSSR count). The summed E-state index contributed by atoms with van der Waals surface area (Å²) in [5, 5.41) is 12.2. The summed E-state index contributed by atoms with van der Waals surface area (Å²) in [7, 11) is 0. The highest BCUT2D eigenvalue weighted by Gasteiger charge is 2.11. The Morgan fingerprint density at radius 1 is 0.727 bits per heavy atom. The SMILES string of the molecule is Cc1cc(/C=C(\C#N)c2ccc3ccccc3c2)c(C)n1-c1ccc(-c2ccccc2)cc1. The molecule has 0 N–H and O–H groups in total. The third kappa shape index (κ3) is 3.97. The highest BCUT2D eigenvalue weighted by molar-refractivity contribution is 5.94. The average molecular weight is 425 g/mol. The fraction of sp³-hybridized carbons (Fsp3) is 0.0645. The molecule has 0 aliphatic rings. The number of rotatable bonds is 4. The lowest BCUT2D eigenvalue weighted by molar-refractivity contribution is 0.965. The van der Waals surface area contributed by atoms with Gasteiger partial charge in [0.2, 0.25) is 0 Å². The summed E-state index contributed by atoms with van der Waals surface area (Å²) >= 11 is 0. The van der Waals surface area contributed by atoms with Crippen molar-refractivity contribution in [1.82, 2.24) is 4.57 Å². The molecule has 0 aliphatic heterocycles. The summed E-state index contributed by atoms with van der Waals surface area (Å²) < 4.78 is 2.25. The number of hydrogen-bond acceptors (Lipinski definition) is 1. The van der Waals surface area contributed by atoms with Gasteiger partial charge in [0, 0.05) is 17.1 Å². The van der Waals surface area contributed by atoms with E-state index in [4.69, 9.17) is 0 Å². The first-order valence-corrected chi connectivity index (χ1v) is 11.1. The zero-order valence-corrected chi connectivity index (χ0v) is 18.8. The first kappa shape index (κ1) is 20.5. The summed E-state index contributed by atoms with van der Waals surface area (Å²) in [6, 6.07) is 38.0. The second kappa shape index (κ2) is 8.65. The highest BCUT2D eigenvalue weighted by Crippen LogP contribution is 2.28. The third-order valence-corrected chi connectivity index (χ3v) is 6.18. The molecule has 0 unspecified atom stereocenters. The number of nitrogens with zero attached hydrogens (tertiary/aromatic N) is 2. The van der Waals surface area contributed by atoms with Gasteiger partial charge in [0.05, 0.1) is 11.6 Å². The molecule has 0 saturated heterocycles. The molecular formula is C31H24N2. The fourth-order valence-electron chi connectivity index (χ4n) is 4.46. The van der Waals surface area contributed by atoms with E-state index in [9.17, 15) is 5.26 Å². The zero-order valence-electron chi connectivity index (χ0n) is 18.8. The van der Waals surface area contributed by atoms with Crippen LogP contribution in [0.4, 0.5) is 0 Å². The van der Waals surface area contributed by atoms with E-state index in [1.807, 2.05) is 30.3 Å². The lowest BCUT2D eigenvalue weighted by Gasteiger charge is -2.11. The van der Waals surface area contributed by atoms with Crippen molar-refractivity contribution in [2.45, 2.75) is 13.8 Å². The summed E-state index contributed by atoms with van der Waals surface area (Å²) in [4.78, 5) is 0. The molecule has 1 heterocycles. The topological polar surface area (TPSA) is 28.7 Å². The average Bonchev–Trinajstić information content (AvgIpc) is 3.15. The van der Waals surface area contributed by atoms with Crippen LogP contribution in [0.2, 0.25) is 0 Å². The second-order valence-electron chi connectivity index (χ2n) is 8.31. The van der Waals surface area contributed by atoms with E-state index >= 15 is 0 Å². The van der Waals surface area contributed by atoms with Crippen LogP contribution in [0.1, 0.15) is 22.5 Å². The molecule has 4 aromatic carbocycles. The summed E-state index contributed by atoms with van der Waals surface area (Å²) in [5.74, 6) is 0. The van der Waals surface area contributed by atoms with Gasteiger partial charge in [0.1, 0.15) is 0 Å². The maximum atomic E-state index is 9.91. The van der Waals surface area contributed by atoms with Gasteiger partial charge in [-0.1, -0.05) is 78.9 Å². The summed E-state index contributed by atoms with van der Waals surface area (Å²) in [5.41, 5.74) is 8.45. The molecular weight excluding hydrogens is 400 g/mol. The second-order valence-corrected chi connectivity index (χ2v) is 8.31. The molecule has 2 nitrogen and oxygen atoms in total. The van der Waals surface area contributed by atoms with Crippen LogP contribution in [0, 0.1) is 25.2 Å². The molecule has 158 valence electrons. The van der Waals surface area contributed by atoms with Gasteiger partial charge in [-0.05, 0) is 77.2 Å². The molecule has 2 heteroatoms. The summed E-state index contributed by atoms with van der Waals surface area (Å²) in [6.07, 6.45) is 2.00. The maximum absolute atomic E-state index is 9.91. The van der Waals surface area contributed by atoms with E-state index in [0.717, 1.165) is 33.6 Å². The number of fused-ring (bicyclic) bond motifs is 1. The van der Waals surface area contributed by atoms with Crippen molar-refractivity contribution in [2.75, 3.05) is 0 Å². The highest BCUT2D eigenvalue weighted by atomic mass is 15.0. The van der Waals surface area contributed by atoms with Gasteiger partial charge in [0.15, 0.2) is 0 Å². The lowest BCUT2D eigenvalue weighted by Crippen LogP contribution is -1.99. The molecule has 0 amide bonds. The van der Waals surface area contributed by atoms with E-state index in [1.54, 1.807) is 0 Å². The van der Waals surface area contributed by atoms with Crippen molar-refractivity contribution in [1.29, 1.82) is 5.26 Å². The Balaban J connectivity index is 1.51. The first-order valence-electron chi connectivity index (χ1n) is 11.1. The number of hydrogen-bond donors (Lipinski definition) is 0. The molecule has 33 heavy (non-hydrogen) atoms. The molecule has 5 aromatic rings. The van der Waals surface area contributed by atoms with Crippen molar-refractivity contribution < 1.29 is 0 Å². The van der Waals surface area contributed by atoms with Crippen LogP contribution in [-0.2, 0) is 0 Å². The molecule has 0 bridgehead atoms. The van der Waals surface area contributed by atoms with Gasteiger partial charge >= 0.3 is 0 Å². The largest absolute Gasteiger partial charge is 0.318 e. The van der Waals surface area contributed by atoms with Crippen molar-refractivity contribution in [2.24, 2.45) is 0 Å². The van der Waals surface area contributed by atoms with Crippen LogP contribution in [0.5, 0.6) is 0 Å². The predicted octanol–water partition coefficient (Wildman–Crippen LogP) is 7.98. The maximum Gasteiger partial charge on any atom is 0.0998 e. The zero-order chi connectivity index (χ0) is 22.8. The van der Waals surface area contributed by atoms with Crippen molar-refractivity contribution in [3.63, 3.8) is 0 Å². The van der Waals surface area contributed by atoms with Crippen LogP contribution in [0.3, 0.4) is 0 Å². The van der Waals surface area contributed by atoms with Gasteiger partial charge in [-0.25, -0.2) is 0 Å². The smallest absolute Gasteiger partial charge is 0.0998 e. The van der Waals surface area contributed by atoms with Crippen LogP contribution < -0.4 is 0 Å². The Morgan fingerprint density at radius 2 is 1.39 bits per heavy atom. The monoisotopic (exact) mass is 424 g/mol. The van der Waals surface area contributed by atoms with E-state index < -0.39 is 0 Å². The number of benzene rings is 4. The minimum Gasteiger partial charge on any atom is -0.318 e. The molecule has 0 aliphatic carbocycles. The Labute approximate surface area is 194 Å². The molecule has 1 aromatic heterocycles. The Bertz CT molecular complexity index is 1510. The van der Waals surface area contributed by atoms with Gasteiger partial charge in [-0.15, -0.1) is 0 Å². The third-order valence-electron chi connectivity index (χ3n) is 6.18. The number of aromatic nitrogens is 1. The van der Waals surface area contributed by atoms with Crippen LogP contribution in [0.25, 0.3) is 39.2 Å². The standard InChI is InChI=1S/C31H24N2/c1-22-18-29(20-30(21-32)28-13-12-25-10-6-7-11-27(25)19-28)23(2)33(22)31-16-14-26(15-17-31)24-8-4-3-5-9-24/h3-20H,1-2H3/b30-20+. The van der Waals surface area contributed by atoms with Crippen molar-refractivity contribution in [3.05, 3.63) is 126 Å². The van der Waals surface area contributed by atoms with Crippen molar-refractivity contribution >= 4 is 22.4 Å². The van der Waals surface area contributed by atoms with E-state index in [-0.39, 0.29) is 0 Å². The van der Waals surface area contributed by atoms with Gasteiger partial charge in [-0.3, -0.25) is 0 Å². The van der Waals surface area contributed by atoms with Crippen LogP contribution in [0.15, 0.2) is 103 Å². The van der Waals surface area contributed by atoms with E-state index in [2.05, 4.69) is 103 Å². The molecule has 0 saturated carbocycles. The molecule has 0 radical (unpaired) electrons. The minimum atomic E-state index is 0.667. The van der Waals surface area contributed by atoms with Crippen LogP contribution in [-0.4, -0.2) is 4.57 Å². The number of nitriles is 1. The summed E-state index contributed by atoms with van der Waals surface area (Å²) in [6.45, 7) is 4.22. The Morgan fingerprint density at radius 3 is 2.12 bits per heavy atom. The Kier molecular flexibility index (Phi) is 5.39. The fourth-order valence-corrected chi connectivity index (χ4v) is 4.46. The molecule has 0 atom stereocenters. The van der Waals surface area contributed by atoms with Gasteiger partial charge < -0.3 is 4.57 Å². The van der Waals surface area contributed by atoms with Crippen molar-refractivity contribution in [3.8, 4) is 22.9 Å². The van der Waals surface area contributed by atoms with E-state index in [0.29, 0.717) is 5.57 Å². The number of allylic oxidation sites excluding steroid dienone is 1. The number of aryl methyl sites for hydroxylation is 1. The van der Waals surface area contributed by atoms with Gasteiger partial charge in [0.25, 0.3) is 0 Å². The minimum absolute atomic E-state index is 0.667. The Hall–Kier alpha value is -4.35. The van der Waals surface area contributed by atoms with Gasteiger partial charge in [-0.2, -0.15) is 5.26 Å². The molecule has 0 spiro atoms. The lowest BCUT2D eigenvalue weighted by atomic mass is 10.0. The normalized spacial score (nSPS) is 11.5. The molecule has 0 fully saturated rings.